The number of aliphatic hydroxyl groups excluding tert-OH is 3. The van der Waals surface area contributed by atoms with Crippen molar-refractivity contribution in [2.75, 3.05) is 6.61 Å². The van der Waals surface area contributed by atoms with Crippen LogP contribution in [0.15, 0.2) is 29.1 Å². The maximum Gasteiger partial charge on any atom is 0.335 e. The van der Waals surface area contributed by atoms with Gasteiger partial charge in [-0.2, -0.15) is 0 Å². The Balaban J connectivity index is 1.28. The number of aliphatic carboxylic acids is 1. The Morgan fingerprint density at radius 3 is 2.40 bits per heavy atom. The summed E-state index contributed by atoms with van der Waals surface area (Å²) in [6, 6.07) is 7.42. The number of hydrogen-bond donors (Lipinski definition) is 6. The third-order valence-electron chi connectivity index (χ3n) is 8.14. The molecule has 6 N–H and O–H groups in total. The van der Waals surface area contributed by atoms with Crippen LogP contribution < -0.4 is 19.1 Å². The van der Waals surface area contributed by atoms with Crippen LogP contribution in [-0.4, -0.2) is 79.4 Å². The molecule has 0 amide bonds. The first kappa shape index (κ1) is 30.8. The normalized spacial score (nSPS) is 26.8. The second-order valence-corrected chi connectivity index (χ2v) is 12.4. The molecule has 2 unspecified atom stereocenters. The number of carboxylic acids is 1. The van der Waals surface area contributed by atoms with Crippen LogP contribution in [0.25, 0.3) is 0 Å². The van der Waals surface area contributed by atoms with E-state index in [4.69, 9.17) is 18.9 Å². The molecule has 1 fully saturated rings. The molecule has 6 atom stereocenters. The third kappa shape index (κ3) is 6.08. The second-order valence-electron chi connectivity index (χ2n) is 11.3. The number of ether oxygens (including phenoxy) is 4. The molecule has 1 aromatic heterocycles. The van der Waals surface area contributed by atoms with E-state index in [-0.39, 0.29) is 17.4 Å². The van der Waals surface area contributed by atoms with Gasteiger partial charge in [0.25, 0.3) is 0 Å². The van der Waals surface area contributed by atoms with Gasteiger partial charge in [0.15, 0.2) is 6.10 Å². The van der Waals surface area contributed by atoms with Crippen molar-refractivity contribution in [2.45, 2.75) is 83.3 Å². The largest absolute Gasteiger partial charge is 0.494 e. The Labute approximate surface area is 251 Å². The average Bonchev–Trinajstić information content (AvgIpc) is 3.29. The van der Waals surface area contributed by atoms with Gasteiger partial charge in [0.2, 0.25) is 12.2 Å². The number of aliphatic hydroxyl groups is 3. The van der Waals surface area contributed by atoms with Crippen molar-refractivity contribution >= 4 is 17.3 Å². The van der Waals surface area contributed by atoms with Gasteiger partial charge in [-0.05, 0) is 74.9 Å². The Hall–Kier alpha value is -3.62. The average molecular weight is 618 g/mol. The summed E-state index contributed by atoms with van der Waals surface area (Å²) >= 11 is 0.975. The summed E-state index contributed by atoms with van der Waals surface area (Å²) in [6.45, 7) is 7.78. The van der Waals surface area contributed by atoms with Gasteiger partial charge in [0.1, 0.15) is 47.8 Å². The predicted octanol–water partition coefficient (Wildman–Crippen LogP) is 2.09. The summed E-state index contributed by atoms with van der Waals surface area (Å²) in [4.78, 5) is 25.6. The van der Waals surface area contributed by atoms with E-state index in [1.165, 1.54) is 0 Å². The van der Waals surface area contributed by atoms with Crippen LogP contribution in [0.5, 0.6) is 23.1 Å². The summed E-state index contributed by atoms with van der Waals surface area (Å²) in [5.41, 5.74) is 3.40. The molecule has 13 heteroatoms. The van der Waals surface area contributed by atoms with Gasteiger partial charge >= 0.3 is 10.8 Å². The number of aromatic hydroxyl groups is 1. The number of fused-ring (bicyclic) bond motifs is 1. The Kier molecular flexibility index (Phi) is 8.47. The first-order valence-electron chi connectivity index (χ1n) is 13.8. The summed E-state index contributed by atoms with van der Waals surface area (Å²) < 4.78 is 23.9. The lowest BCUT2D eigenvalue weighted by molar-refractivity contribution is -0.271. The fourth-order valence-corrected chi connectivity index (χ4v) is 6.18. The van der Waals surface area contributed by atoms with Crippen molar-refractivity contribution < 1.29 is 49.3 Å². The molecular formula is C30H35NO11S. The zero-order valence-corrected chi connectivity index (χ0v) is 24.9. The molecule has 3 heterocycles. The molecule has 12 nitrogen and oxygen atoms in total. The van der Waals surface area contributed by atoms with E-state index >= 15 is 0 Å². The van der Waals surface area contributed by atoms with Gasteiger partial charge in [0.05, 0.1) is 4.88 Å². The highest BCUT2D eigenvalue weighted by Crippen LogP contribution is 2.44. The number of H-pyrrole nitrogens is 1. The lowest BCUT2D eigenvalue weighted by atomic mass is 9.87. The smallest absolute Gasteiger partial charge is 0.335 e. The first-order valence-corrected chi connectivity index (χ1v) is 14.6. The summed E-state index contributed by atoms with van der Waals surface area (Å²) in [7, 11) is 0. The van der Waals surface area contributed by atoms with Crippen molar-refractivity contribution in [3.8, 4) is 23.1 Å². The number of benzene rings is 2. The Morgan fingerprint density at radius 1 is 1.07 bits per heavy atom. The number of rotatable bonds is 8. The van der Waals surface area contributed by atoms with E-state index in [0.29, 0.717) is 47.0 Å². The highest BCUT2D eigenvalue weighted by atomic mass is 32.1. The van der Waals surface area contributed by atoms with Crippen LogP contribution in [0.3, 0.4) is 0 Å². The molecule has 0 saturated carbocycles. The van der Waals surface area contributed by atoms with Gasteiger partial charge in [0, 0.05) is 12.0 Å². The van der Waals surface area contributed by atoms with Gasteiger partial charge in [-0.25, -0.2) is 4.79 Å². The zero-order chi connectivity index (χ0) is 31.2. The summed E-state index contributed by atoms with van der Waals surface area (Å²) in [5, 5.41) is 49.9. The number of aromatic amines is 1. The number of thiazole rings is 1. The predicted molar refractivity (Wildman–Crippen MR) is 154 cm³/mol. The van der Waals surface area contributed by atoms with E-state index in [1.54, 1.807) is 0 Å². The van der Waals surface area contributed by atoms with Crippen LogP contribution >= 0.6 is 11.3 Å². The second kappa shape index (κ2) is 11.8. The molecule has 43 heavy (non-hydrogen) atoms. The van der Waals surface area contributed by atoms with Crippen molar-refractivity contribution in [1.82, 2.24) is 4.98 Å². The summed E-state index contributed by atoms with van der Waals surface area (Å²) in [5.74, 6) is 0.143. The topological polar surface area (TPSA) is 188 Å². The molecule has 2 aliphatic heterocycles. The number of carboxylic acid groups (broad SMARTS) is 1. The van der Waals surface area contributed by atoms with Gasteiger partial charge in [-0.15, -0.1) is 0 Å². The standard InChI is InChI=1S/C30H35NO11S/c1-13-14(2)24-18(15(3)23(13)40-28-22(34)20(32)21(33)25(41-28)27(36)37)9-10-30(4,42-24)12-39-17-7-5-16(6-8-17)11-19-26(35)31-29(38)43-19/h5-8,20-22,25,28,32-35H,9-12H2,1-4H3,(H,31,38)(H,36,37)/t20-,21-,22+,25-,28?,30?/m0/s1. The molecule has 5 rings (SSSR count). The van der Waals surface area contributed by atoms with Crippen molar-refractivity contribution in [3.05, 3.63) is 66.6 Å². The molecule has 0 radical (unpaired) electrons. The molecule has 0 spiro atoms. The molecule has 2 aliphatic rings. The van der Waals surface area contributed by atoms with Crippen molar-refractivity contribution in [3.63, 3.8) is 0 Å². The number of hydrogen-bond acceptors (Lipinski definition) is 11. The van der Waals surface area contributed by atoms with Crippen LogP contribution in [0.2, 0.25) is 0 Å². The van der Waals surface area contributed by atoms with Crippen LogP contribution in [-0.2, 0) is 22.4 Å². The Morgan fingerprint density at radius 2 is 1.77 bits per heavy atom. The molecular weight excluding hydrogens is 582 g/mol. The lowest BCUT2D eigenvalue weighted by Crippen LogP contribution is -2.61. The van der Waals surface area contributed by atoms with E-state index in [0.717, 1.165) is 33.6 Å². The van der Waals surface area contributed by atoms with E-state index in [9.17, 15) is 35.1 Å². The molecule has 3 aromatic rings. The van der Waals surface area contributed by atoms with Crippen LogP contribution in [0, 0.1) is 20.8 Å². The van der Waals surface area contributed by atoms with Gasteiger partial charge < -0.3 is 44.5 Å². The van der Waals surface area contributed by atoms with E-state index in [1.807, 2.05) is 52.0 Å². The number of nitrogens with one attached hydrogen (secondary N) is 1. The lowest BCUT2D eigenvalue weighted by Gasteiger charge is -2.40. The Bertz CT molecular complexity index is 1570. The minimum atomic E-state index is -1.81. The van der Waals surface area contributed by atoms with E-state index < -0.39 is 42.3 Å². The molecule has 0 aliphatic carbocycles. The van der Waals surface area contributed by atoms with Crippen LogP contribution in [0.4, 0.5) is 0 Å². The fraction of sp³-hybridized carbons (Fsp3) is 0.467. The van der Waals surface area contributed by atoms with Crippen molar-refractivity contribution in [2.24, 2.45) is 0 Å². The molecule has 2 aromatic carbocycles. The first-order chi connectivity index (χ1) is 20.3. The highest BCUT2D eigenvalue weighted by molar-refractivity contribution is 7.09. The number of carbonyl (C=O) groups is 1. The number of aromatic nitrogens is 1. The fourth-order valence-electron chi connectivity index (χ4n) is 5.42. The zero-order valence-electron chi connectivity index (χ0n) is 24.1. The minimum Gasteiger partial charge on any atom is -0.494 e. The van der Waals surface area contributed by atoms with Crippen LogP contribution in [0.1, 0.15) is 46.0 Å². The minimum absolute atomic E-state index is 0.109. The molecule has 232 valence electrons. The summed E-state index contributed by atoms with van der Waals surface area (Å²) in [6.07, 6.45) is -6.83. The van der Waals surface area contributed by atoms with Crippen molar-refractivity contribution in [1.29, 1.82) is 0 Å². The van der Waals surface area contributed by atoms with Gasteiger partial charge in [-0.1, -0.05) is 23.5 Å². The molecule has 0 bridgehead atoms. The molecule has 1 saturated heterocycles. The maximum absolute atomic E-state index is 11.5. The van der Waals surface area contributed by atoms with Gasteiger partial charge in [-0.3, -0.25) is 9.78 Å². The maximum atomic E-state index is 11.5. The van der Waals surface area contributed by atoms with E-state index in [2.05, 4.69) is 4.98 Å². The quantitative estimate of drug-likeness (QED) is 0.217. The SMILES string of the molecule is Cc1c(C)c2c(c(C)c1OC1O[C@H](C(=O)O)[C@@H](O)[C@H](O)[C@H]1O)CCC(C)(COc1ccc(Cc3sc(=O)[nH]c3O)cc1)O2. The monoisotopic (exact) mass is 617 g/mol. The highest BCUT2D eigenvalue weighted by Gasteiger charge is 2.48. The third-order valence-corrected chi connectivity index (χ3v) is 9.01.